The van der Waals surface area contributed by atoms with Gasteiger partial charge in [-0.1, -0.05) is 0 Å². The Balaban J connectivity index is 4.74. The zero-order chi connectivity index (χ0) is 12.0. The van der Waals surface area contributed by atoms with E-state index >= 15 is 0 Å². The van der Waals surface area contributed by atoms with Crippen LogP contribution in [-0.4, -0.2) is 52.4 Å². The Bertz CT molecular complexity index is 260. The van der Waals surface area contributed by atoms with E-state index in [1.54, 1.807) is 0 Å². The first-order chi connectivity index (χ1) is 6.95. The molecule has 0 aliphatic carbocycles. The molecule has 7 heteroatoms. The number of Topliss-reactive ketones (excluding diaryl/α,β-unsaturated/α-hetero) is 1. The number of carbonyl (C=O) groups excluding carboxylic acids is 1. The number of aliphatic carboxylic acids is 2. The average molecular weight is 220 g/mol. The summed E-state index contributed by atoms with van der Waals surface area (Å²) in [7, 11) is 0. The van der Waals surface area contributed by atoms with Crippen LogP contribution in [0.3, 0.4) is 0 Å². The van der Waals surface area contributed by atoms with E-state index in [9.17, 15) is 14.4 Å². The van der Waals surface area contributed by atoms with Gasteiger partial charge >= 0.3 is 11.9 Å². The Morgan fingerprint density at radius 1 is 1.20 bits per heavy atom. The van der Waals surface area contributed by atoms with Gasteiger partial charge in [-0.3, -0.25) is 9.59 Å². The Morgan fingerprint density at radius 3 is 2.00 bits per heavy atom. The van der Waals surface area contributed by atoms with Gasteiger partial charge in [-0.25, -0.2) is 4.79 Å². The number of aliphatic hydroxyl groups is 1. The van der Waals surface area contributed by atoms with Crippen molar-refractivity contribution in [3.63, 3.8) is 0 Å². The van der Waals surface area contributed by atoms with Crippen LogP contribution in [-0.2, 0) is 19.1 Å². The number of carbonyl (C=O) groups is 3. The van der Waals surface area contributed by atoms with Crippen LogP contribution in [0.25, 0.3) is 0 Å². The Morgan fingerprint density at radius 2 is 1.73 bits per heavy atom. The maximum atomic E-state index is 11.3. The number of aliphatic hydroxyl groups excluding tert-OH is 1. The first-order valence-electron chi connectivity index (χ1n) is 4.17. The predicted octanol–water partition coefficient (Wildman–Crippen LogP) is -1.26. The van der Waals surface area contributed by atoms with Crippen LogP contribution in [0.1, 0.15) is 6.92 Å². The minimum Gasteiger partial charge on any atom is -0.481 e. The van der Waals surface area contributed by atoms with Crippen molar-refractivity contribution in [2.24, 2.45) is 5.92 Å². The van der Waals surface area contributed by atoms with Crippen LogP contribution < -0.4 is 0 Å². The third-order valence-electron chi connectivity index (χ3n) is 1.64. The Hall–Kier alpha value is -1.47. The monoisotopic (exact) mass is 220 g/mol. The number of ketones is 1. The van der Waals surface area contributed by atoms with Crippen LogP contribution >= 0.6 is 0 Å². The molecule has 0 bridgehead atoms. The van der Waals surface area contributed by atoms with E-state index in [4.69, 9.17) is 15.3 Å². The maximum absolute atomic E-state index is 11.3. The third-order valence-corrected chi connectivity index (χ3v) is 1.64. The number of carboxylic acids is 2. The lowest BCUT2D eigenvalue weighted by Crippen LogP contribution is -2.41. The minimum absolute atomic E-state index is 0.0412. The summed E-state index contributed by atoms with van der Waals surface area (Å²) in [6, 6.07) is 0. The number of rotatable bonds is 7. The van der Waals surface area contributed by atoms with Crippen molar-refractivity contribution in [2.75, 3.05) is 13.2 Å². The lowest BCUT2D eigenvalue weighted by molar-refractivity contribution is -0.161. The van der Waals surface area contributed by atoms with Crippen molar-refractivity contribution in [1.29, 1.82) is 0 Å². The lowest BCUT2D eigenvalue weighted by atomic mass is 10.0. The van der Waals surface area contributed by atoms with Gasteiger partial charge in [0, 0.05) is 6.61 Å². The molecule has 0 radical (unpaired) electrons. The van der Waals surface area contributed by atoms with Crippen LogP contribution in [0.5, 0.6) is 0 Å². The number of carboxylic acid groups (broad SMARTS) is 2. The first-order valence-corrected chi connectivity index (χ1v) is 4.17. The lowest BCUT2D eigenvalue weighted by Gasteiger charge is -2.14. The van der Waals surface area contributed by atoms with E-state index in [2.05, 4.69) is 4.74 Å². The molecule has 0 heterocycles. The van der Waals surface area contributed by atoms with Gasteiger partial charge in [-0.05, 0) is 6.92 Å². The van der Waals surface area contributed by atoms with Gasteiger partial charge in [-0.15, -0.1) is 0 Å². The van der Waals surface area contributed by atoms with Gasteiger partial charge < -0.3 is 20.1 Å². The molecular formula is C8H12O7. The van der Waals surface area contributed by atoms with Gasteiger partial charge in [0.25, 0.3) is 0 Å². The molecule has 7 nitrogen and oxygen atoms in total. The molecule has 0 spiro atoms. The van der Waals surface area contributed by atoms with E-state index in [0.717, 1.165) is 0 Å². The van der Waals surface area contributed by atoms with Crippen molar-refractivity contribution < 1.29 is 34.4 Å². The second-order valence-electron chi connectivity index (χ2n) is 2.65. The molecule has 0 rings (SSSR count). The molecule has 0 fully saturated rings. The standard InChI is InChI=1S/C8H12O7/c1-2-15-6(8(13)14)5(10)4(3-9)7(11)12/h4,6,9H,2-3H2,1H3,(H,11,12)(H,13,14). The molecule has 0 aromatic rings. The average Bonchev–Trinajstić information content (AvgIpc) is 2.13. The Kier molecular flexibility index (Phi) is 5.50. The topological polar surface area (TPSA) is 121 Å². The van der Waals surface area contributed by atoms with Gasteiger partial charge in [-0.2, -0.15) is 0 Å². The van der Waals surface area contributed by atoms with Crippen molar-refractivity contribution in [3.05, 3.63) is 0 Å². The zero-order valence-corrected chi connectivity index (χ0v) is 8.04. The molecule has 0 aromatic carbocycles. The molecular weight excluding hydrogens is 208 g/mol. The minimum atomic E-state index is -1.84. The van der Waals surface area contributed by atoms with E-state index in [1.807, 2.05) is 0 Å². The van der Waals surface area contributed by atoms with E-state index in [0.29, 0.717) is 0 Å². The molecule has 2 atom stereocenters. The largest absolute Gasteiger partial charge is 0.481 e. The summed E-state index contributed by atoms with van der Waals surface area (Å²) >= 11 is 0. The molecule has 2 unspecified atom stereocenters. The number of hydrogen-bond acceptors (Lipinski definition) is 5. The normalized spacial score (nSPS) is 14.3. The molecule has 3 N–H and O–H groups in total. The van der Waals surface area contributed by atoms with Crippen LogP contribution in [0, 0.1) is 5.92 Å². The van der Waals surface area contributed by atoms with Crippen molar-refractivity contribution in [1.82, 2.24) is 0 Å². The summed E-state index contributed by atoms with van der Waals surface area (Å²) in [5, 5.41) is 25.7. The van der Waals surface area contributed by atoms with Crippen LogP contribution in [0.2, 0.25) is 0 Å². The number of ether oxygens (including phenoxy) is 1. The van der Waals surface area contributed by atoms with Gasteiger partial charge in [0.15, 0.2) is 5.78 Å². The predicted molar refractivity (Wildman–Crippen MR) is 46.3 cm³/mol. The van der Waals surface area contributed by atoms with Crippen LogP contribution in [0.15, 0.2) is 0 Å². The van der Waals surface area contributed by atoms with E-state index in [-0.39, 0.29) is 6.61 Å². The smallest absolute Gasteiger partial charge is 0.340 e. The fraction of sp³-hybridized carbons (Fsp3) is 0.625. The second-order valence-corrected chi connectivity index (χ2v) is 2.65. The highest BCUT2D eigenvalue weighted by molar-refractivity contribution is 6.09. The summed E-state index contributed by atoms with van der Waals surface area (Å²) in [6.45, 7) is 0.476. The first kappa shape index (κ1) is 13.5. The second kappa shape index (κ2) is 6.10. The highest BCUT2D eigenvalue weighted by atomic mass is 16.5. The fourth-order valence-corrected chi connectivity index (χ4v) is 0.914. The molecule has 86 valence electrons. The van der Waals surface area contributed by atoms with Gasteiger partial charge in [0.1, 0.15) is 5.92 Å². The van der Waals surface area contributed by atoms with Crippen molar-refractivity contribution >= 4 is 17.7 Å². The van der Waals surface area contributed by atoms with Gasteiger partial charge in [0.2, 0.25) is 6.10 Å². The quantitative estimate of drug-likeness (QED) is 0.457. The molecule has 0 saturated heterocycles. The van der Waals surface area contributed by atoms with Crippen LogP contribution in [0.4, 0.5) is 0 Å². The third kappa shape index (κ3) is 3.64. The summed E-state index contributed by atoms with van der Waals surface area (Å²) < 4.78 is 4.57. The highest BCUT2D eigenvalue weighted by Crippen LogP contribution is 2.06. The van der Waals surface area contributed by atoms with Crippen molar-refractivity contribution in [2.45, 2.75) is 13.0 Å². The summed E-state index contributed by atoms with van der Waals surface area (Å²) in [5.74, 6) is -6.08. The molecule has 0 aliphatic heterocycles. The molecule has 0 aliphatic rings. The molecule has 15 heavy (non-hydrogen) atoms. The summed E-state index contributed by atoms with van der Waals surface area (Å²) in [5.41, 5.74) is 0. The molecule has 0 saturated carbocycles. The highest BCUT2D eigenvalue weighted by Gasteiger charge is 2.36. The van der Waals surface area contributed by atoms with Gasteiger partial charge in [0.05, 0.1) is 6.61 Å². The Labute approximate surface area is 85.3 Å². The maximum Gasteiger partial charge on any atom is 0.340 e. The fourth-order valence-electron chi connectivity index (χ4n) is 0.914. The SMILES string of the molecule is CCOC(C(=O)O)C(=O)C(CO)C(=O)O. The number of hydrogen-bond donors (Lipinski definition) is 3. The zero-order valence-electron chi connectivity index (χ0n) is 8.04. The molecule has 0 amide bonds. The molecule has 0 aromatic heterocycles. The summed E-state index contributed by atoms with van der Waals surface area (Å²) in [4.78, 5) is 32.3. The van der Waals surface area contributed by atoms with E-state index in [1.165, 1.54) is 6.92 Å². The van der Waals surface area contributed by atoms with E-state index < -0.39 is 36.4 Å². The summed E-state index contributed by atoms with van der Waals surface area (Å²) in [6.07, 6.45) is -1.84. The van der Waals surface area contributed by atoms with Crippen molar-refractivity contribution in [3.8, 4) is 0 Å².